The van der Waals surface area contributed by atoms with Crippen LogP contribution < -0.4 is 14.8 Å². The lowest BCUT2D eigenvalue weighted by Crippen LogP contribution is -2.30. The molecule has 1 aliphatic heterocycles. The van der Waals surface area contributed by atoms with Crippen molar-refractivity contribution in [1.82, 2.24) is 15.2 Å². The van der Waals surface area contributed by atoms with Gasteiger partial charge in [-0.2, -0.15) is 0 Å². The summed E-state index contributed by atoms with van der Waals surface area (Å²) in [7, 11) is 1.21. The van der Waals surface area contributed by atoms with Crippen LogP contribution in [0.3, 0.4) is 0 Å². The normalized spacial score (nSPS) is 13.8. The standard InChI is InChI=1S/C27H24N4O9/c1-4-6-17-11-16(13-22(38-5-2)24(17)40-23-10-7-18(14-28-23)31(35)36)12-20-25(32)30(27(34)29-20)15-19-8-9-21(39-19)26(33)37-3/h4,7-14H,1,5-6,15H2,2-3H3,(H,29,34)/b20-12-. The Morgan fingerprint density at radius 1 is 1.25 bits per heavy atom. The van der Waals surface area contributed by atoms with E-state index < -0.39 is 22.8 Å². The first-order chi connectivity index (χ1) is 19.2. The number of benzene rings is 1. The molecular weight excluding hydrogens is 524 g/mol. The molecule has 3 amide bonds. The van der Waals surface area contributed by atoms with E-state index in [1.807, 2.05) is 0 Å². The van der Waals surface area contributed by atoms with Gasteiger partial charge >= 0.3 is 12.0 Å². The molecule has 0 saturated carbocycles. The van der Waals surface area contributed by atoms with E-state index in [0.29, 0.717) is 29.0 Å². The first-order valence-corrected chi connectivity index (χ1v) is 11.9. The summed E-state index contributed by atoms with van der Waals surface area (Å²) in [6.45, 7) is 5.65. The predicted molar refractivity (Wildman–Crippen MR) is 140 cm³/mol. The third kappa shape index (κ3) is 5.99. The van der Waals surface area contributed by atoms with E-state index in [2.05, 4.69) is 21.6 Å². The van der Waals surface area contributed by atoms with Gasteiger partial charge in [-0.05, 0) is 49.2 Å². The van der Waals surface area contributed by atoms with E-state index in [-0.39, 0.29) is 41.9 Å². The van der Waals surface area contributed by atoms with E-state index in [1.54, 1.807) is 25.1 Å². The lowest BCUT2D eigenvalue weighted by atomic mass is 10.0. The van der Waals surface area contributed by atoms with Gasteiger partial charge in [0, 0.05) is 17.7 Å². The van der Waals surface area contributed by atoms with Gasteiger partial charge in [-0.1, -0.05) is 6.08 Å². The maximum atomic E-state index is 13.0. The molecule has 4 rings (SSSR count). The SMILES string of the molecule is C=CCc1cc(/C=C2\NC(=O)N(Cc3ccc(C(=O)OC)o3)C2=O)cc(OCC)c1Oc1ccc([N+](=O)[O-])cn1. The number of furan rings is 1. The monoisotopic (exact) mass is 548 g/mol. The summed E-state index contributed by atoms with van der Waals surface area (Å²) in [6, 6.07) is 8.21. The third-order valence-corrected chi connectivity index (χ3v) is 5.59. The third-order valence-electron chi connectivity index (χ3n) is 5.59. The second-order valence-corrected chi connectivity index (χ2v) is 8.28. The molecule has 0 aliphatic carbocycles. The second kappa shape index (κ2) is 11.9. The van der Waals surface area contributed by atoms with Crippen LogP contribution in [0.4, 0.5) is 10.5 Å². The maximum Gasteiger partial charge on any atom is 0.373 e. The van der Waals surface area contributed by atoms with Crippen LogP contribution in [-0.2, 0) is 22.5 Å². The van der Waals surface area contributed by atoms with Crippen LogP contribution in [0.5, 0.6) is 17.4 Å². The summed E-state index contributed by atoms with van der Waals surface area (Å²) in [4.78, 5) is 52.5. The van der Waals surface area contributed by atoms with Crippen LogP contribution in [0.15, 0.2) is 65.4 Å². The summed E-state index contributed by atoms with van der Waals surface area (Å²) in [5.41, 5.74) is 0.995. The molecular formula is C27H24N4O9. The van der Waals surface area contributed by atoms with Gasteiger partial charge in [0.25, 0.3) is 11.6 Å². The van der Waals surface area contributed by atoms with E-state index >= 15 is 0 Å². The van der Waals surface area contributed by atoms with Crippen LogP contribution in [0.2, 0.25) is 0 Å². The van der Waals surface area contributed by atoms with E-state index in [1.165, 1.54) is 37.5 Å². The highest BCUT2D eigenvalue weighted by Gasteiger charge is 2.34. The smallest absolute Gasteiger partial charge is 0.373 e. The van der Waals surface area contributed by atoms with Gasteiger partial charge in [0.15, 0.2) is 11.5 Å². The number of hydrogen-bond acceptors (Lipinski definition) is 10. The van der Waals surface area contributed by atoms with E-state index in [9.17, 15) is 24.5 Å². The van der Waals surface area contributed by atoms with Crippen LogP contribution in [0, 0.1) is 10.1 Å². The number of esters is 1. The molecule has 2 aromatic heterocycles. The van der Waals surface area contributed by atoms with Gasteiger partial charge < -0.3 is 23.9 Å². The molecule has 3 heterocycles. The van der Waals surface area contributed by atoms with Crippen molar-refractivity contribution >= 4 is 29.7 Å². The van der Waals surface area contributed by atoms with Crippen molar-refractivity contribution in [2.45, 2.75) is 19.9 Å². The number of hydrogen-bond donors (Lipinski definition) is 1. The molecule has 0 atom stereocenters. The van der Waals surface area contributed by atoms with Crippen LogP contribution >= 0.6 is 0 Å². The zero-order valence-corrected chi connectivity index (χ0v) is 21.5. The van der Waals surface area contributed by atoms with Gasteiger partial charge in [0.2, 0.25) is 11.6 Å². The summed E-state index contributed by atoms with van der Waals surface area (Å²) in [6.07, 6.45) is 4.58. The Kier molecular flexibility index (Phi) is 8.23. The molecule has 1 aromatic carbocycles. The molecule has 0 radical (unpaired) electrons. The molecule has 0 bridgehead atoms. The molecule has 13 nitrogen and oxygen atoms in total. The molecule has 1 aliphatic rings. The van der Waals surface area contributed by atoms with E-state index in [0.717, 1.165) is 11.1 Å². The van der Waals surface area contributed by atoms with Crippen molar-refractivity contribution in [3.05, 3.63) is 93.7 Å². The van der Waals surface area contributed by atoms with Crippen LogP contribution in [-0.4, -0.2) is 46.4 Å². The Labute approximate surface area is 227 Å². The van der Waals surface area contributed by atoms with Crippen molar-refractivity contribution in [2.75, 3.05) is 13.7 Å². The number of ether oxygens (including phenoxy) is 3. The average molecular weight is 549 g/mol. The maximum absolute atomic E-state index is 13.0. The number of pyridine rings is 1. The summed E-state index contributed by atoms with van der Waals surface area (Å²) in [5, 5.41) is 13.5. The number of amides is 3. The minimum atomic E-state index is -0.679. The number of allylic oxidation sites excluding steroid dienone is 1. The molecule has 1 N–H and O–H groups in total. The fraction of sp³-hybridized carbons (Fsp3) is 0.185. The number of rotatable bonds is 11. The Morgan fingerprint density at radius 3 is 2.70 bits per heavy atom. The number of carbonyl (C=O) groups excluding carboxylic acids is 3. The molecule has 1 saturated heterocycles. The zero-order valence-electron chi connectivity index (χ0n) is 21.5. The molecule has 206 valence electrons. The number of nitrogens with one attached hydrogen (secondary N) is 1. The number of nitrogens with zero attached hydrogens (tertiary/aromatic N) is 3. The number of methoxy groups -OCH3 is 1. The molecule has 3 aromatic rings. The molecule has 0 unspecified atom stereocenters. The van der Waals surface area contributed by atoms with Crippen molar-refractivity contribution in [3.63, 3.8) is 0 Å². The second-order valence-electron chi connectivity index (χ2n) is 8.28. The molecule has 0 spiro atoms. The van der Waals surface area contributed by atoms with Crippen LogP contribution in [0.25, 0.3) is 6.08 Å². The van der Waals surface area contributed by atoms with Gasteiger partial charge in [-0.25, -0.2) is 14.6 Å². The molecule has 13 heteroatoms. The zero-order chi connectivity index (χ0) is 28.8. The fourth-order valence-electron chi connectivity index (χ4n) is 3.81. The quantitative estimate of drug-likeness (QED) is 0.0908. The lowest BCUT2D eigenvalue weighted by Gasteiger charge is -2.16. The van der Waals surface area contributed by atoms with Gasteiger partial charge in [0.05, 0.1) is 25.2 Å². The fourth-order valence-corrected chi connectivity index (χ4v) is 3.81. The predicted octanol–water partition coefficient (Wildman–Crippen LogP) is 4.38. The van der Waals surface area contributed by atoms with Crippen LogP contribution in [0.1, 0.15) is 34.4 Å². The highest BCUT2D eigenvalue weighted by Crippen LogP contribution is 2.37. The summed E-state index contributed by atoms with van der Waals surface area (Å²) >= 11 is 0. The Morgan fingerprint density at radius 2 is 2.05 bits per heavy atom. The number of carbonyl (C=O) groups is 3. The lowest BCUT2D eigenvalue weighted by molar-refractivity contribution is -0.385. The Hall–Kier alpha value is -5.46. The molecule has 1 fully saturated rings. The molecule has 40 heavy (non-hydrogen) atoms. The number of urea groups is 1. The van der Waals surface area contributed by atoms with Crippen molar-refractivity contribution < 1.29 is 37.9 Å². The topological polar surface area (TPSA) is 163 Å². The number of imide groups is 1. The minimum absolute atomic E-state index is 0.0162. The summed E-state index contributed by atoms with van der Waals surface area (Å²) in [5.74, 6) is -0.338. The largest absolute Gasteiger partial charge is 0.490 e. The first kappa shape index (κ1) is 27.6. The number of nitro groups is 1. The number of aromatic nitrogens is 1. The minimum Gasteiger partial charge on any atom is -0.490 e. The highest BCUT2D eigenvalue weighted by atomic mass is 16.6. The van der Waals surface area contributed by atoms with E-state index in [4.69, 9.17) is 13.9 Å². The van der Waals surface area contributed by atoms with Gasteiger partial charge in [-0.3, -0.25) is 19.8 Å². The van der Waals surface area contributed by atoms with Crippen molar-refractivity contribution in [1.29, 1.82) is 0 Å². The highest BCUT2D eigenvalue weighted by molar-refractivity contribution is 6.13. The Bertz CT molecular complexity index is 1510. The van der Waals surface area contributed by atoms with Crippen molar-refractivity contribution in [2.24, 2.45) is 0 Å². The Balaban J connectivity index is 1.62. The average Bonchev–Trinajstić information content (AvgIpc) is 3.51. The first-order valence-electron chi connectivity index (χ1n) is 11.9. The van der Waals surface area contributed by atoms with Gasteiger partial charge in [-0.15, -0.1) is 6.58 Å². The van der Waals surface area contributed by atoms with Gasteiger partial charge in [0.1, 0.15) is 17.7 Å². The van der Waals surface area contributed by atoms with Crippen molar-refractivity contribution in [3.8, 4) is 17.4 Å². The summed E-state index contributed by atoms with van der Waals surface area (Å²) < 4.78 is 21.7.